The number of benzene rings is 3. The number of hydrogen-bond acceptors (Lipinski definition) is 4. The lowest BCUT2D eigenvalue weighted by atomic mass is 10.2. The summed E-state index contributed by atoms with van der Waals surface area (Å²) < 4.78 is 56.2. The van der Waals surface area contributed by atoms with Gasteiger partial charge in [0, 0.05) is 17.8 Å². The fourth-order valence-electron chi connectivity index (χ4n) is 2.96. The molecule has 0 aliphatic carbocycles. The summed E-state index contributed by atoms with van der Waals surface area (Å²) >= 11 is 5.89. The second-order valence-electron chi connectivity index (χ2n) is 6.51. The average Bonchev–Trinajstić information content (AvgIpc) is 2.76. The fourth-order valence-corrected chi connectivity index (χ4v) is 4.66. The van der Waals surface area contributed by atoms with Crippen LogP contribution >= 0.6 is 11.6 Å². The first-order chi connectivity index (χ1) is 15.2. The topological polar surface area (TPSA) is 75.7 Å². The summed E-state index contributed by atoms with van der Waals surface area (Å²) in [4.78, 5) is 12.5. The van der Waals surface area contributed by atoms with Crippen molar-refractivity contribution in [2.24, 2.45) is 0 Å². The van der Waals surface area contributed by atoms with Crippen LogP contribution in [-0.4, -0.2) is 27.5 Å². The largest absolute Gasteiger partial charge is 0.433 e. The van der Waals surface area contributed by atoms with E-state index in [-0.39, 0.29) is 33.5 Å². The average molecular weight is 481 g/mol. The number of halogens is 3. The van der Waals surface area contributed by atoms with E-state index in [4.69, 9.17) is 11.6 Å². The summed E-state index contributed by atoms with van der Waals surface area (Å²) in [7, 11) is -3.82. The lowest BCUT2D eigenvalue weighted by Gasteiger charge is -2.23. The Labute approximate surface area is 189 Å². The van der Waals surface area contributed by atoms with E-state index in [0.29, 0.717) is 5.69 Å². The Morgan fingerprint density at radius 1 is 1.06 bits per heavy atom. The maximum Gasteiger partial charge on any atom is 0.387 e. The lowest BCUT2D eigenvalue weighted by molar-refractivity contribution is -0.0497. The molecule has 3 aromatic rings. The number of carbonyl (C=O) groups excluding carboxylic acids is 1. The molecule has 0 aliphatic rings. The highest BCUT2D eigenvalue weighted by atomic mass is 35.5. The van der Waals surface area contributed by atoms with Gasteiger partial charge in [-0.05, 0) is 61.5 Å². The molecule has 0 aliphatic heterocycles. The highest BCUT2D eigenvalue weighted by Gasteiger charge is 2.23. The van der Waals surface area contributed by atoms with E-state index in [1.807, 2.05) is 0 Å². The molecule has 0 spiro atoms. The number of hydrogen-bond donors (Lipinski definition) is 1. The number of sulfonamides is 1. The number of amides is 1. The van der Waals surface area contributed by atoms with E-state index in [1.54, 1.807) is 37.3 Å². The number of anilines is 2. The molecule has 0 heterocycles. The predicted octanol–water partition coefficient (Wildman–Crippen LogP) is 5.41. The molecule has 3 rings (SSSR count). The lowest BCUT2D eigenvalue weighted by Crippen LogP contribution is -2.30. The van der Waals surface area contributed by atoms with E-state index in [9.17, 15) is 22.0 Å². The van der Waals surface area contributed by atoms with Crippen LogP contribution in [0.1, 0.15) is 17.3 Å². The number of nitrogens with zero attached hydrogens (tertiary/aromatic N) is 1. The molecule has 32 heavy (non-hydrogen) atoms. The van der Waals surface area contributed by atoms with Gasteiger partial charge >= 0.3 is 6.61 Å². The monoisotopic (exact) mass is 480 g/mol. The molecule has 0 aromatic heterocycles. The number of para-hydroxylation sites is 1. The van der Waals surface area contributed by atoms with Crippen LogP contribution in [-0.2, 0) is 10.0 Å². The maximum atomic E-state index is 13.0. The second kappa shape index (κ2) is 9.97. The van der Waals surface area contributed by atoms with Gasteiger partial charge in [0.15, 0.2) is 0 Å². The molecule has 0 saturated heterocycles. The van der Waals surface area contributed by atoms with Crippen LogP contribution in [0.4, 0.5) is 20.2 Å². The number of alkyl halides is 2. The molecule has 0 bridgehead atoms. The number of rotatable bonds is 8. The molecule has 6 nitrogen and oxygen atoms in total. The zero-order valence-corrected chi connectivity index (χ0v) is 18.4. The van der Waals surface area contributed by atoms with E-state index in [2.05, 4.69) is 10.1 Å². The van der Waals surface area contributed by atoms with E-state index < -0.39 is 22.5 Å². The molecule has 0 atom stereocenters. The molecule has 0 fully saturated rings. The van der Waals surface area contributed by atoms with Gasteiger partial charge < -0.3 is 10.1 Å². The summed E-state index contributed by atoms with van der Waals surface area (Å²) in [5.41, 5.74) is 1.00. The first kappa shape index (κ1) is 23.5. The highest BCUT2D eigenvalue weighted by molar-refractivity contribution is 7.92. The van der Waals surface area contributed by atoms with Crippen molar-refractivity contribution in [1.82, 2.24) is 0 Å². The Morgan fingerprint density at radius 3 is 2.28 bits per heavy atom. The van der Waals surface area contributed by atoms with Crippen molar-refractivity contribution in [3.8, 4) is 5.75 Å². The van der Waals surface area contributed by atoms with E-state index in [0.717, 1.165) is 0 Å². The van der Waals surface area contributed by atoms with Gasteiger partial charge in [-0.25, -0.2) is 8.42 Å². The smallest absolute Gasteiger partial charge is 0.387 e. The highest BCUT2D eigenvalue weighted by Crippen LogP contribution is 2.29. The van der Waals surface area contributed by atoms with E-state index in [1.165, 1.54) is 46.8 Å². The Kier molecular flexibility index (Phi) is 7.32. The third-order valence-electron chi connectivity index (χ3n) is 4.44. The fraction of sp³-hybridized carbons (Fsp3) is 0.136. The van der Waals surface area contributed by atoms with Gasteiger partial charge in [-0.3, -0.25) is 9.10 Å². The quantitative estimate of drug-likeness (QED) is 0.468. The molecule has 0 unspecified atom stereocenters. The third kappa shape index (κ3) is 5.35. The Hall–Kier alpha value is -3.17. The molecule has 0 saturated carbocycles. The molecular formula is C22H19ClF2N2O4S. The van der Waals surface area contributed by atoms with Gasteiger partial charge in [0.05, 0.1) is 15.6 Å². The van der Waals surface area contributed by atoms with Crippen LogP contribution < -0.4 is 14.4 Å². The Balaban J connectivity index is 1.76. The molecule has 10 heteroatoms. The van der Waals surface area contributed by atoms with Gasteiger partial charge in [0.25, 0.3) is 15.9 Å². The zero-order chi connectivity index (χ0) is 23.3. The van der Waals surface area contributed by atoms with Gasteiger partial charge in [0.1, 0.15) is 5.75 Å². The third-order valence-corrected chi connectivity index (χ3v) is 6.65. The van der Waals surface area contributed by atoms with Gasteiger partial charge in [-0.1, -0.05) is 29.8 Å². The van der Waals surface area contributed by atoms with E-state index >= 15 is 0 Å². The van der Waals surface area contributed by atoms with Crippen LogP contribution in [0.5, 0.6) is 5.75 Å². The van der Waals surface area contributed by atoms with Crippen molar-refractivity contribution < 1.29 is 26.7 Å². The number of ether oxygens (including phenoxy) is 1. The van der Waals surface area contributed by atoms with Crippen LogP contribution in [0.15, 0.2) is 77.7 Å². The zero-order valence-electron chi connectivity index (χ0n) is 16.8. The first-order valence-corrected chi connectivity index (χ1v) is 11.3. The minimum atomic E-state index is -3.82. The first-order valence-electron chi connectivity index (χ1n) is 9.46. The summed E-state index contributed by atoms with van der Waals surface area (Å²) in [5.74, 6) is -0.740. The Bertz CT molecular complexity index is 1190. The molecule has 1 amide bonds. The van der Waals surface area contributed by atoms with Crippen molar-refractivity contribution in [3.05, 3.63) is 83.4 Å². The maximum absolute atomic E-state index is 13.0. The summed E-state index contributed by atoms with van der Waals surface area (Å²) in [6.07, 6.45) is 0. The minimum absolute atomic E-state index is 0.0382. The van der Waals surface area contributed by atoms with Gasteiger partial charge in [-0.15, -0.1) is 0 Å². The van der Waals surface area contributed by atoms with Crippen LogP contribution in [0.2, 0.25) is 5.02 Å². The molecular weight excluding hydrogens is 462 g/mol. The summed E-state index contributed by atoms with van der Waals surface area (Å²) in [6.45, 7) is -1.05. The van der Waals surface area contributed by atoms with Crippen molar-refractivity contribution >= 4 is 38.9 Å². The van der Waals surface area contributed by atoms with Crippen molar-refractivity contribution in [2.75, 3.05) is 16.2 Å². The van der Waals surface area contributed by atoms with Crippen molar-refractivity contribution in [2.45, 2.75) is 18.4 Å². The minimum Gasteiger partial charge on any atom is -0.433 e. The SMILES string of the molecule is CCN(c1ccccc1)S(=O)(=O)c1ccc(C(=O)Nc2ccc(OC(F)F)c(Cl)c2)cc1. The van der Waals surface area contributed by atoms with Crippen LogP contribution in [0.25, 0.3) is 0 Å². The summed E-state index contributed by atoms with van der Waals surface area (Å²) in [5, 5.41) is 2.48. The standard InChI is InChI=1S/C22H19ClF2N2O4S/c1-2-27(17-6-4-3-5-7-17)32(29,30)18-11-8-15(9-12-18)21(28)26-16-10-13-20(19(23)14-16)31-22(24)25/h3-14,22H,2H2,1H3,(H,26,28). The molecule has 0 radical (unpaired) electrons. The van der Waals surface area contributed by atoms with Crippen LogP contribution in [0, 0.1) is 0 Å². The number of nitrogens with one attached hydrogen (secondary N) is 1. The molecule has 168 valence electrons. The Morgan fingerprint density at radius 2 is 1.72 bits per heavy atom. The predicted molar refractivity (Wildman–Crippen MR) is 119 cm³/mol. The second-order valence-corrected chi connectivity index (χ2v) is 8.78. The number of carbonyl (C=O) groups is 1. The van der Waals surface area contributed by atoms with Crippen molar-refractivity contribution in [3.63, 3.8) is 0 Å². The van der Waals surface area contributed by atoms with Gasteiger partial charge in [0.2, 0.25) is 0 Å². The normalized spacial score (nSPS) is 11.3. The molecule has 1 N–H and O–H groups in total. The van der Waals surface area contributed by atoms with Crippen molar-refractivity contribution in [1.29, 1.82) is 0 Å². The molecule has 3 aromatic carbocycles. The summed E-state index contributed by atoms with van der Waals surface area (Å²) in [6, 6.07) is 18.0. The van der Waals surface area contributed by atoms with Crippen LogP contribution in [0.3, 0.4) is 0 Å². The van der Waals surface area contributed by atoms with Gasteiger partial charge in [-0.2, -0.15) is 8.78 Å².